The Hall–Kier alpha value is -4.00. The first-order chi connectivity index (χ1) is 20.6. The molecule has 43 heavy (non-hydrogen) atoms. The molecule has 0 radical (unpaired) electrons. The summed E-state index contributed by atoms with van der Waals surface area (Å²) in [6, 6.07) is 12.1. The number of nitro benzene ring substituents is 1. The fourth-order valence-electron chi connectivity index (χ4n) is 6.40. The van der Waals surface area contributed by atoms with Crippen molar-refractivity contribution in [1.82, 2.24) is 8.87 Å². The molecule has 0 atom stereocenters. The molecule has 0 unspecified atom stereocenters. The number of fused-ring (bicyclic) bond motifs is 1. The zero-order valence-electron chi connectivity index (χ0n) is 24.6. The summed E-state index contributed by atoms with van der Waals surface area (Å²) in [5, 5.41) is 12.0. The van der Waals surface area contributed by atoms with Gasteiger partial charge in [-0.2, -0.15) is 4.31 Å². The minimum Gasteiger partial charge on any atom is -0.379 e. The molecule has 3 aliphatic rings. The Morgan fingerprint density at radius 1 is 0.977 bits per heavy atom. The van der Waals surface area contributed by atoms with E-state index in [1.807, 2.05) is 43.5 Å². The monoisotopic (exact) mass is 605 g/mol. The second-order valence-electron chi connectivity index (χ2n) is 11.1. The van der Waals surface area contributed by atoms with Crippen molar-refractivity contribution in [2.75, 3.05) is 55.7 Å². The first kappa shape index (κ1) is 29.1. The van der Waals surface area contributed by atoms with Crippen LogP contribution in [-0.4, -0.2) is 74.1 Å². The Morgan fingerprint density at radius 2 is 1.67 bits per heavy atom. The molecule has 3 aliphatic heterocycles. The lowest BCUT2D eigenvalue weighted by atomic mass is 10.0. The number of morpholine rings is 1. The summed E-state index contributed by atoms with van der Waals surface area (Å²) in [6.07, 6.45) is 3.84. The van der Waals surface area contributed by atoms with Gasteiger partial charge in [-0.15, -0.1) is 0 Å². The predicted octanol–water partition coefficient (Wildman–Crippen LogP) is 4.53. The Labute approximate surface area is 251 Å². The molecule has 1 aromatic heterocycles. The van der Waals surface area contributed by atoms with Gasteiger partial charge >= 0.3 is 0 Å². The number of amides is 1. The number of hydrogen-bond donors (Lipinski definition) is 0. The van der Waals surface area contributed by atoms with Gasteiger partial charge < -0.3 is 19.1 Å². The summed E-state index contributed by atoms with van der Waals surface area (Å²) in [4.78, 5) is 29.2. The molecule has 4 heterocycles. The van der Waals surface area contributed by atoms with Crippen molar-refractivity contribution in [2.24, 2.45) is 0 Å². The summed E-state index contributed by atoms with van der Waals surface area (Å²) < 4.78 is 35.5. The summed E-state index contributed by atoms with van der Waals surface area (Å²) >= 11 is 0. The van der Waals surface area contributed by atoms with E-state index in [0.29, 0.717) is 48.0 Å². The molecule has 226 valence electrons. The van der Waals surface area contributed by atoms with Crippen LogP contribution in [0.4, 0.5) is 17.1 Å². The number of anilines is 2. The van der Waals surface area contributed by atoms with Gasteiger partial charge in [0.2, 0.25) is 10.0 Å². The van der Waals surface area contributed by atoms with Gasteiger partial charge in [-0.05, 0) is 81.7 Å². The maximum Gasteiger partial charge on any atom is 0.294 e. The van der Waals surface area contributed by atoms with Gasteiger partial charge in [0, 0.05) is 61.3 Å². The van der Waals surface area contributed by atoms with Crippen molar-refractivity contribution in [1.29, 1.82) is 0 Å². The van der Waals surface area contributed by atoms with E-state index in [9.17, 15) is 23.3 Å². The smallest absolute Gasteiger partial charge is 0.294 e. The fraction of sp³-hybridized carbons (Fsp3) is 0.387. The largest absolute Gasteiger partial charge is 0.379 e. The highest BCUT2D eigenvalue weighted by atomic mass is 32.2. The number of sulfonamides is 1. The minimum absolute atomic E-state index is 0.0688. The Balaban J connectivity index is 1.41. The van der Waals surface area contributed by atoms with E-state index < -0.39 is 10.0 Å². The van der Waals surface area contributed by atoms with E-state index in [2.05, 4.69) is 4.90 Å². The number of carbonyl (C=O) groups is 1. The maximum absolute atomic E-state index is 13.6. The van der Waals surface area contributed by atoms with E-state index in [1.54, 1.807) is 35.2 Å². The van der Waals surface area contributed by atoms with Crippen LogP contribution in [0.3, 0.4) is 0 Å². The van der Waals surface area contributed by atoms with Crippen LogP contribution in [0.1, 0.15) is 42.3 Å². The molecule has 3 aromatic rings. The molecular formula is C31H35N5O6S. The average molecular weight is 606 g/mol. The Bertz CT molecular complexity index is 1750. The molecule has 11 nitrogen and oxygen atoms in total. The third kappa shape index (κ3) is 5.02. The predicted molar refractivity (Wildman–Crippen MR) is 165 cm³/mol. The van der Waals surface area contributed by atoms with Crippen LogP contribution >= 0.6 is 0 Å². The van der Waals surface area contributed by atoms with Crippen molar-refractivity contribution in [3.63, 3.8) is 0 Å². The third-order valence-corrected chi connectivity index (χ3v) is 10.5. The second kappa shape index (κ2) is 11.3. The van der Waals surface area contributed by atoms with E-state index in [4.69, 9.17) is 4.74 Å². The quantitative estimate of drug-likeness (QED) is 0.221. The van der Waals surface area contributed by atoms with E-state index in [-0.39, 0.29) is 34.5 Å². The highest BCUT2D eigenvalue weighted by Crippen LogP contribution is 2.40. The van der Waals surface area contributed by atoms with Crippen molar-refractivity contribution in [3.05, 3.63) is 75.1 Å². The van der Waals surface area contributed by atoms with Crippen molar-refractivity contribution >= 4 is 44.6 Å². The van der Waals surface area contributed by atoms with Gasteiger partial charge in [-0.3, -0.25) is 14.9 Å². The third-order valence-electron chi connectivity index (χ3n) is 8.58. The summed E-state index contributed by atoms with van der Waals surface area (Å²) in [7, 11) is -3.76. The molecule has 0 bridgehead atoms. The highest BCUT2D eigenvalue weighted by molar-refractivity contribution is 7.89. The van der Waals surface area contributed by atoms with Gasteiger partial charge in [-0.25, -0.2) is 8.42 Å². The van der Waals surface area contributed by atoms with Crippen LogP contribution < -0.4 is 9.80 Å². The number of carbonyl (C=O) groups excluding carboxylic acids is 1. The normalized spacial score (nSPS) is 18.6. The second-order valence-corrected chi connectivity index (χ2v) is 13.0. The molecular weight excluding hydrogens is 570 g/mol. The topological polar surface area (TPSA) is 118 Å². The average Bonchev–Trinajstić information content (AvgIpc) is 3.70. The zero-order chi connectivity index (χ0) is 30.5. The Morgan fingerprint density at radius 3 is 2.35 bits per heavy atom. The van der Waals surface area contributed by atoms with Crippen LogP contribution in [-0.2, 0) is 19.6 Å². The molecule has 12 heteroatoms. The fourth-order valence-corrected chi connectivity index (χ4v) is 7.83. The molecule has 6 rings (SSSR count). The first-order valence-corrected chi connectivity index (χ1v) is 16.0. The standard InChI is InChI=1S/C31H35N5O6S/c1-4-34-28-10-8-25(43(40,41)33-13-15-42-16-14-33)20-26(28)27(31(34)37)18-23-17-21(2)35(22(23)3)24-7-9-29(30(19-24)36(38)39)32-11-5-6-12-32/h7-10,17-20H,4-6,11-16H2,1-3H3/b27-18+. The number of aromatic nitrogens is 1. The number of ether oxygens (including phenoxy) is 1. The summed E-state index contributed by atoms with van der Waals surface area (Å²) in [5.74, 6) is -0.200. The molecule has 1 amide bonds. The lowest BCUT2D eigenvalue weighted by molar-refractivity contribution is -0.384. The summed E-state index contributed by atoms with van der Waals surface area (Å²) in [6.45, 7) is 9.02. The molecule has 2 aromatic carbocycles. The molecule has 0 N–H and O–H groups in total. The number of likely N-dealkylation sites (N-methyl/N-ethyl adjacent to an activating group) is 1. The van der Waals surface area contributed by atoms with Crippen LogP contribution in [0.15, 0.2) is 47.4 Å². The van der Waals surface area contributed by atoms with Gasteiger partial charge in [0.15, 0.2) is 0 Å². The van der Waals surface area contributed by atoms with Gasteiger partial charge in [0.05, 0.1) is 34.4 Å². The van der Waals surface area contributed by atoms with Crippen LogP contribution in [0.2, 0.25) is 0 Å². The lowest BCUT2D eigenvalue weighted by Crippen LogP contribution is -2.40. The SMILES string of the molecule is CCN1C(=O)/C(=C/c2cc(C)n(-c3ccc(N4CCCC4)c([N+](=O)[O-])c3)c2C)c2cc(S(=O)(=O)N3CCOCC3)ccc21. The maximum atomic E-state index is 13.6. The van der Waals surface area contributed by atoms with Crippen LogP contribution in [0, 0.1) is 24.0 Å². The number of hydrogen-bond acceptors (Lipinski definition) is 7. The summed E-state index contributed by atoms with van der Waals surface area (Å²) in [5.41, 5.74) is 5.46. The van der Waals surface area contributed by atoms with E-state index in [0.717, 1.165) is 42.9 Å². The van der Waals surface area contributed by atoms with E-state index in [1.165, 1.54) is 4.31 Å². The number of aryl methyl sites for hydroxylation is 1. The number of benzene rings is 2. The molecule has 2 saturated heterocycles. The lowest BCUT2D eigenvalue weighted by Gasteiger charge is -2.26. The van der Waals surface area contributed by atoms with Crippen molar-refractivity contribution in [3.8, 4) is 5.69 Å². The van der Waals surface area contributed by atoms with Crippen molar-refractivity contribution in [2.45, 2.75) is 38.5 Å². The van der Waals surface area contributed by atoms with Gasteiger partial charge in [0.1, 0.15) is 5.69 Å². The van der Waals surface area contributed by atoms with Crippen LogP contribution in [0.5, 0.6) is 0 Å². The number of nitrogens with zero attached hydrogens (tertiary/aromatic N) is 5. The zero-order valence-corrected chi connectivity index (χ0v) is 25.4. The first-order valence-electron chi connectivity index (χ1n) is 14.6. The highest BCUT2D eigenvalue weighted by Gasteiger charge is 2.35. The molecule has 2 fully saturated rings. The molecule has 0 aliphatic carbocycles. The Kier molecular flexibility index (Phi) is 7.61. The molecule has 0 spiro atoms. The van der Waals surface area contributed by atoms with Crippen LogP contribution in [0.25, 0.3) is 17.3 Å². The van der Waals surface area contributed by atoms with Gasteiger partial charge in [-0.1, -0.05) is 0 Å². The molecule has 0 saturated carbocycles. The van der Waals surface area contributed by atoms with Crippen molar-refractivity contribution < 1.29 is 22.9 Å². The van der Waals surface area contributed by atoms with E-state index >= 15 is 0 Å². The number of nitro groups is 1. The number of rotatable bonds is 7. The van der Waals surface area contributed by atoms with Gasteiger partial charge in [0.25, 0.3) is 11.6 Å². The minimum atomic E-state index is -3.76.